The topological polar surface area (TPSA) is 90.0 Å². The highest BCUT2D eigenvalue weighted by Crippen LogP contribution is 2.30. The number of pyridine rings is 1. The number of carbonyl (C=O) groups excluding carboxylic acids is 2. The molecule has 0 saturated heterocycles. The Morgan fingerprint density at radius 3 is 2.06 bits per heavy atom. The van der Waals surface area contributed by atoms with Crippen LogP contribution >= 0.6 is 0 Å². The zero-order valence-corrected chi connectivity index (χ0v) is 19.1. The van der Waals surface area contributed by atoms with Crippen molar-refractivity contribution < 1.29 is 23.8 Å². The Morgan fingerprint density at radius 2 is 1.55 bits per heavy atom. The first-order valence-corrected chi connectivity index (χ1v) is 10.4. The number of nitrogens with zero attached hydrogens (tertiary/aromatic N) is 2. The summed E-state index contributed by atoms with van der Waals surface area (Å²) in [7, 11) is 1.58. The molecule has 8 heteroatoms. The van der Waals surface area contributed by atoms with Crippen molar-refractivity contribution in [3.63, 3.8) is 0 Å². The van der Waals surface area contributed by atoms with Crippen molar-refractivity contribution in [2.24, 2.45) is 0 Å². The van der Waals surface area contributed by atoms with E-state index in [0.29, 0.717) is 29.4 Å². The van der Waals surface area contributed by atoms with Gasteiger partial charge in [0.1, 0.15) is 17.1 Å². The number of methoxy groups -OCH3 is 1. The lowest BCUT2D eigenvalue weighted by molar-refractivity contribution is 0.0599. The highest BCUT2D eigenvalue weighted by Gasteiger charge is 2.25. The summed E-state index contributed by atoms with van der Waals surface area (Å²) < 4.78 is 16.1. The Kier molecular flexibility index (Phi) is 7.50. The molecule has 0 saturated carbocycles. The molecule has 33 heavy (non-hydrogen) atoms. The lowest BCUT2D eigenvalue weighted by atomic mass is 10.2. The van der Waals surface area contributed by atoms with E-state index in [1.54, 1.807) is 94.9 Å². The van der Waals surface area contributed by atoms with Crippen LogP contribution in [-0.2, 0) is 11.3 Å². The molecule has 172 valence electrons. The van der Waals surface area contributed by atoms with Gasteiger partial charge in [-0.3, -0.25) is 4.98 Å². The monoisotopic (exact) mass is 449 g/mol. The third-order valence-electron chi connectivity index (χ3n) is 4.37. The number of benzene rings is 2. The van der Waals surface area contributed by atoms with Crippen molar-refractivity contribution in [2.45, 2.75) is 32.9 Å². The smallest absolute Gasteiger partial charge is 0.419 e. The first-order chi connectivity index (χ1) is 15.7. The maximum absolute atomic E-state index is 13.0. The molecule has 0 fully saturated rings. The average Bonchev–Trinajstić information content (AvgIpc) is 2.79. The molecule has 1 aromatic heterocycles. The normalized spacial score (nSPS) is 10.8. The molecule has 0 aliphatic carbocycles. The number of rotatable bonds is 6. The predicted octanol–water partition coefficient (Wildman–Crippen LogP) is 5.45. The van der Waals surface area contributed by atoms with Gasteiger partial charge in [-0.15, -0.1) is 0 Å². The third-order valence-corrected chi connectivity index (χ3v) is 4.37. The summed E-state index contributed by atoms with van der Waals surface area (Å²) in [5.41, 5.74) is 1.35. The lowest BCUT2D eigenvalue weighted by Crippen LogP contribution is -2.33. The standard InChI is InChI=1S/C25H27N3O5/c1-25(2,3)33-24(30)28(19-7-11-21(31-4)12-8-19)20-9-13-22(14-10-20)32-23(29)27-17-18-6-5-15-26-16-18/h5-16H,17H2,1-4H3,(H,27,29). The number of hydrogen-bond donors (Lipinski definition) is 1. The molecule has 0 aliphatic heterocycles. The molecular weight excluding hydrogens is 422 g/mol. The molecule has 0 atom stereocenters. The number of anilines is 2. The number of nitrogens with one attached hydrogen (secondary N) is 1. The van der Waals surface area contributed by atoms with Gasteiger partial charge in [-0.25, -0.2) is 14.5 Å². The summed E-state index contributed by atoms with van der Waals surface area (Å²) in [6.45, 7) is 5.71. The second-order valence-electron chi connectivity index (χ2n) is 8.11. The largest absolute Gasteiger partial charge is 0.497 e. The molecule has 0 aliphatic rings. The Bertz CT molecular complexity index is 1060. The van der Waals surface area contributed by atoms with Crippen molar-refractivity contribution in [2.75, 3.05) is 12.0 Å². The van der Waals surface area contributed by atoms with Gasteiger partial charge < -0.3 is 19.5 Å². The van der Waals surface area contributed by atoms with Crippen molar-refractivity contribution in [1.29, 1.82) is 0 Å². The summed E-state index contributed by atoms with van der Waals surface area (Å²) in [5.74, 6) is 1.00. The Balaban J connectivity index is 1.74. The van der Waals surface area contributed by atoms with E-state index in [-0.39, 0.29) is 0 Å². The van der Waals surface area contributed by atoms with E-state index in [9.17, 15) is 9.59 Å². The molecule has 2 aromatic carbocycles. The van der Waals surface area contributed by atoms with Crippen LogP contribution < -0.4 is 19.7 Å². The van der Waals surface area contributed by atoms with Gasteiger partial charge in [-0.05, 0) is 80.9 Å². The number of hydrogen-bond acceptors (Lipinski definition) is 6. The van der Waals surface area contributed by atoms with Gasteiger partial charge in [0.25, 0.3) is 0 Å². The van der Waals surface area contributed by atoms with Crippen LogP contribution in [-0.4, -0.2) is 29.9 Å². The van der Waals surface area contributed by atoms with Gasteiger partial charge in [0.2, 0.25) is 0 Å². The van der Waals surface area contributed by atoms with Crippen LogP contribution in [0.1, 0.15) is 26.3 Å². The molecule has 0 radical (unpaired) electrons. The van der Waals surface area contributed by atoms with Crippen LogP contribution in [0.5, 0.6) is 11.5 Å². The summed E-state index contributed by atoms with van der Waals surface area (Å²) in [5, 5.41) is 2.67. The zero-order valence-electron chi connectivity index (χ0n) is 19.1. The fourth-order valence-electron chi connectivity index (χ4n) is 2.88. The van der Waals surface area contributed by atoms with E-state index in [1.165, 1.54) is 4.90 Å². The number of ether oxygens (including phenoxy) is 3. The van der Waals surface area contributed by atoms with Crippen LogP contribution in [0.25, 0.3) is 0 Å². The van der Waals surface area contributed by atoms with Gasteiger partial charge >= 0.3 is 12.2 Å². The molecule has 1 heterocycles. The summed E-state index contributed by atoms with van der Waals surface area (Å²) >= 11 is 0. The molecule has 8 nitrogen and oxygen atoms in total. The van der Waals surface area contributed by atoms with Gasteiger partial charge in [-0.2, -0.15) is 0 Å². The van der Waals surface area contributed by atoms with Crippen molar-refractivity contribution in [3.8, 4) is 11.5 Å². The SMILES string of the molecule is COc1ccc(N(C(=O)OC(C)(C)C)c2ccc(OC(=O)NCc3cccnc3)cc2)cc1. The molecule has 3 aromatic rings. The summed E-state index contributed by atoms with van der Waals surface area (Å²) in [6, 6.07) is 17.3. The summed E-state index contributed by atoms with van der Waals surface area (Å²) in [4.78, 5) is 30.5. The number of aromatic nitrogens is 1. The fourth-order valence-corrected chi connectivity index (χ4v) is 2.88. The van der Waals surface area contributed by atoms with Crippen LogP contribution in [0.2, 0.25) is 0 Å². The second-order valence-corrected chi connectivity index (χ2v) is 8.11. The van der Waals surface area contributed by atoms with E-state index in [4.69, 9.17) is 14.2 Å². The zero-order chi connectivity index (χ0) is 23.8. The van der Waals surface area contributed by atoms with Gasteiger partial charge in [0, 0.05) is 18.9 Å². The molecule has 3 rings (SSSR count). The molecule has 2 amide bonds. The fraction of sp³-hybridized carbons (Fsp3) is 0.240. The Morgan fingerprint density at radius 1 is 0.939 bits per heavy atom. The number of carbonyl (C=O) groups is 2. The third kappa shape index (κ3) is 6.96. The maximum atomic E-state index is 13.0. The van der Waals surface area contributed by atoms with E-state index in [0.717, 1.165) is 5.56 Å². The second kappa shape index (κ2) is 10.5. The quantitative estimate of drug-likeness (QED) is 0.538. The minimum Gasteiger partial charge on any atom is -0.497 e. The van der Waals surface area contributed by atoms with Gasteiger partial charge in [-0.1, -0.05) is 6.07 Å². The van der Waals surface area contributed by atoms with Crippen molar-refractivity contribution >= 4 is 23.6 Å². The molecule has 0 bridgehead atoms. The Labute approximate surface area is 193 Å². The van der Waals surface area contributed by atoms with Crippen LogP contribution in [0.15, 0.2) is 73.1 Å². The maximum Gasteiger partial charge on any atom is 0.419 e. The van der Waals surface area contributed by atoms with E-state index in [2.05, 4.69) is 10.3 Å². The van der Waals surface area contributed by atoms with Gasteiger partial charge in [0.05, 0.1) is 18.5 Å². The van der Waals surface area contributed by atoms with Crippen molar-refractivity contribution in [1.82, 2.24) is 10.3 Å². The lowest BCUT2D eigenvalue weighted by Gasteiger charge is -2.27. The molecule has 0 spiro atoms. The summed E-state index contributed by atoms with van der Waals surface area (Å²) in [6.07, 6.45) is 2.20. The number of amides is 2. The van der Waals surface area contributed by atoms with Crippen LogP contribution in [0.4, 0.5) is 21.0 Å². The molecule has 0 unspecified atom stereocenters. The Hall–Kier alpha value is -4.07. The van der Waals surface area contributed by atoms with E-state index in [1.807, 2.05) is 6.07 Å². The van der Waals surface area contributed by atoms with E-state index >= 15 is 0 Å². The van der Waals surface area contributed by atoms with Crippen LogP contribution in [0.3, 0.4) is 0 Å². The first kappa shape index (κ1) is 23.6. The predicted molar refractivity (Wildman–Crippen MR) is 125 cm³/mol. The highest BCUT2D eigenvalue weighted by atomic mass is 16.6. The van der Waals surface area contributed by atoms with E-state index < -0.39 is 17.8 Å². The highest BCUT2D eigenvalue weighted by molar-refractivity contribution is 5.96. The average molecular weight is 450 g/mol. The minimum atomic E-state index is -0.669. The molecular formula is C25H27N3O5. The molecule has 1 N–H and O–H groups in total. The first-order valence-electron chi connectivity index (χ1n) is 10.4. The van der Waals surface area contributed by atoms with Gasteiger partial charge in [0.15, 0.2) is 0 Å². The van der Waals surface area contributed by atoms with Crippen LogP contribution in [0, 0.1) is 0 Å². The minimum absolute atomic E-state index is 0.300. The van der Waals surface area contributed by atoms with Crippen molar-refractivity contribution in [3.05, 3.63) is 78.6 Å².